The van der Waals surface area contributed by atoms with Gasteiger partial charge in [0.05, 0.1) is 5.56 Å². The number of hydrogen-bond donors (Lipinski definition) is 1. The lowest BCUT2D eigenvalue weighted by molar-refractivity contribution is 0.0930. The highest BCUT2D eigenvalue weighted by Crippen LogP contribution is 2.18. The number of hydrogen-bond acceptors (Lipinski definition) is 5. The largest absolute Gasteiger partial charge is 0.352 e. The fourth-order valence-corrected chi connectivity index (χ4v) is 3.73. The van der Waals surface area contributed by atoms with Crippen molar-refractivity contribution in [2.24, 2.45) is 5.92 Å². The molecule has 2 aromatic heterocycles. The van der Waals surface area contributed by atoms with E-state index in [-0.39, 0.29) is 5.91 Å². The van der Waals surface area contributed by atoms with Gasteiger partial charge in [0, 0.05) is 50.0 Å². The Morgan fingerprint density at radius 2 is 1.90 bits per heavy atom. The monoisotopic (exact) mass is 387 g/mol. The van der Waals surface area contributed by atoms with E-state index in [9.17, 15) is 4.79 Å². The minimum atomic E-state index is -0.122. The number of pyridine rings is 1. The van der Waals surface area contributed by atoms with Gasteiger partial charge in [-0.25, -0.2) is 9.97 Å². The van der Waals surface area contributed by atoms with Crippen LogP contribution in [-0.4, -0.2) is 45.4 Å². The van der Waals surface area contributed by atoms with Crippen LogP contribution < -0.4 is 5.32 Å². The molecule has 0 bridgehead atoms. The summed E-state index contributed by atoms with van der Waals surface area (Å²) in [5, 5.41) is 3.05. The third-order valence-corrected chi connectivity index (χ3v) is 5.24. The average molecular weight is 387 g/mol. The number of carbonyl (C=O) groups is 1. The fraction of sp³-hybridized carbons (Fsp3) is 0.304. The molecule has 1 saturated heterocycles. The van der Waals surface area contributed by atoms with E-state index < -0.39 is 0 Å². The first-order valence-corrected chi connectivity index (χ1v) is 10.0. The molecule has 4 rings (SSSR count). The Morgan fingerprint density at radius 3 is 2.66 bits per heavy atom. The maximum Gasteiger partial charge on any atom is 0.254 e. The maximum absolute atomic E-state index is 12.5. The molecule has 1 aliphatic rings. The number of likely N-dealkylation sites (tertiary alicyclic amines) is 1. The molecule has 3 aromatic rings. The predicted molar refractivity (Wildman–Crippen MR) is 112 cm³/mol. The van der Waals surface area contributed by atoms with E-state index in [0.717, 1.165) is 38.0 Å². The summed E-state index contributed by atoms with van der Waals surface area (Å²) in [5.74, 6) is 0.911. The highest BCUT2D eigenvalue weighted by Gasteiger charge is 2.21. The molecule has 1 atom stereocenters. The van der Waals surface area contributed by atoms with Crippen molar-refractivity contribution in [3.05, 3.63) is 78.4 Å². The molecule has 0 saturated carbocycles. The standard InChI is InChI=1S/C23H25N5O/c29-23(21-14-25-22(26-15-21)20-9-4-10-24-13-20)27-12-19-8-5-11-28(17-19)16-18-6-2-1-3-7-18/h1-4,6-7,9-10,13-15,19H,5,8,11-12,16-17H2,(H,27,29)/t19-/m0/s1. The summed E-state index contributed by atoms with van der Waals surface area (Å²) in [5.41, 5.74) is 2.65. The quantitative estimate of drug-likeness (QED) is 0.703. The lowest BCUT2D eigenvalue weighted by atomic mass is 9.97. The van der Waals surface area contributed by atoms with Crippen LogP contribution in [-0.2, 0) is 6.54 Å². The van der Waals surface area contributed by atoms with Gasteiger partial charge in [-0.2, -0.15) is 0 Å². The third-order valence-electron chi connectivity index (χ3n) is 5.24. The van der Waals surface area contributed by atoms with Gasteiger partial charge in [0.2, 0.25) is 0 Å². The van der Waals surface area contributed by atoms with Crippen molar-refractivity contribution in [3.8, 4) is 11.4 Å². The molecule has 0 radical (unpaired) electrons. The number of aromatic nitrogens is 3. The Hall–Kier alpha value is -3.12. The maximum atomic E-state index is 12.5. The molecule has 1 N–H and O–H groups in total. The summed E-state index contributed by atoms with van der Waals surface area (Å²) in [4.78, 5) is 27.6. The Kier molecular flexibility index (Phi) is 6.22. The molecule has 0 aliphatic carbocycles. The molecule has 0 spiro atoms. The van der Waals surface area contributed by atoms with Crippen LogP contribution in [0.1, 0.15) is 28.8 Å². The number of nitrogens with one attached hydrogen (secondary N) is 1. The van der Waals surface area contributed by atoms with Crippen LogP contribution in [0.25, 0.3) is 11.4 Å². The molecule has 29 heavy (non-hydrogen) atoms. The van der Waals surface area contributed by atoms with Crippen molar-refractivity contribution >= 4 is 5.91 Å². The smallest absolute Gasteiger partial charge is 0.254 e. The first-order chi connectivity index (χ1) is 14.3. The zero-order valence-electron chi connectivity index (χ0n) is 16.4. The normalized spacial score (nSPS) is 17.0. The minimum Gasteiger partial charge on any atom is -0.352 e. The Labute approximate surface area is 171 Å². The fourth-order valence-electron chi connectivity index (χ4n) is 3.73. The van der Waals surface area contributed by atoms with Crippen molar-refractivity contribution in [3.63, 3.8) is 0 Å². The molecule has 3 heterocycles. The molecule has 6 heteroatoms. The summed E-state index contributed by atoms with van der Waals surface area (Å²) in [6, 6.07) is 14.3. The van der Waals surface area contributed by atoms with Gasteiger partial charge in [-0.05, 0) is 43.0 Å². The second-order valence-corrected chi connectivity index (χ2v) is 7.48. The van der Waals surface area contributed by atoms with Crippen molar-refractivity contribution in [1.82, 2.24) is 25.2 Å². The number of carbonyl (C=O) groups excluding carboxylic acids is 1. The van der Waals surface area contributed by atoms with Crippen molar-refractivity contribution in [2.75, 3.05) is 19.6 Å². The molecular weight excluding hydrogens is 362 g/mol. The van der Waals surface area contributed by atoms with Gasteiger partial charge in [-0.1, -0.05) is 30.3 Å². The highest BCUT2D eigenvalue weighted by molar-refractivity contribution is 5.93. The van der Waals surface area contributed by atoms with E-state index in [4.69, 9.17) is 0 Å². The van der Waals surface area contributed by atoms with Gasteiger partial charge in [0.1, 0.15) is 0 Å². The van der Waals surface area contributed by atoms with Gasteiger partial charge in [-0.3, -0.25) is 14.7 Å². The summed E-state index contributed by atoms with van der Waals surface area (Å²) in [7, 11) is 0. The number of benzene rings is 1. The highest BCUT2D eigenvalue weighted by atomic mass is 16.1. The van der Waals surface area contributed by atoms with E-state index in [2.05, 4.69) is 49.4 Å². The van der Waals surface area contributed by atoms with Gasteiger partial charge in [0.15, 0.2) is 5.82 Å². The van der Waals surface area contributed by atoms with Crippen LogP contribution in [0.15, 0.2) is 67.3 Å². The topological polar surface area (TPSA) is 71.0 Å². The van der Waals surface area contributed by atoms with Gasteiger partial charge < -0.3 is 5.32 Å². The molecular formula is C23H25N5O. The molecule has 1 aliphatic heterocycles. The molecule has 6 nitrogen and oxygen atoms in total. The van der Waals surface area contributed by atoms with E-state index in [1.807, 2.05) is 18.2 Å². The van der Waals surface area contributed by atoms with Crippen molar-refractivity contribution in [1.29, 1.82) is 0 Å². The number of nitrogens with zero attached hydrogens (tertiary/aromatic N) is 4. The van der Waals surface area contributed by atoms with Crippen LogP contribution in [0.3, 0.4) is 0 Å². The van der Waals surface area contributed by atoms with Crippen LogP contribution >= 0.6 is 0 Å². The van der Waals surface area contributed by atoms with Crippen LogP contribution in [0.5, 0.6) is 0 Å². The Morgan fingerprint density at radius 1 is 1.07 bits per heavy atom. The lowest BCUT2D eigenvalue weighted by Crippen LogP contribution is -2.40. The lowest BCUT2D eigenvalue weighted by Gasteiger charge is -2.32. The zero-order valence-corrected chi connectivity index (χ0v) is 16.4. The van der Waals surface area contributed by atoms with Gasteiger partial charge in [0.25, 0.3) is 5.91 Å². The number of rotatable bonds is 6. The average Bonchev–Trinajstić information content (AvgIpc) is 2.79. The van der Waals surface area contributed by atoms with E-state index in [1.165, 1.54) is 5.56 Å². The summed E-state index contributed by atoms with van der Waals surface area (Å²) >= 11 is 0. The predicted octanol–water partition coefficient (Wildman–Crippen LogP) is 3.18. The SMILES string of the molecule is O=C(NC[C@@H]1CCCN(Cc2ccccc2)C1)c1cnc(-c2cccnc2)nc1. The summed E-state index contributed by atoms with van der Waals surface area (Å²) in [6.07, 6.45) is 8.87. The summed E-state index contributed by atoms with van der Waals surface area (Å²) < 4.78 is 0. The molecule has 1 aromatic carbocycles. The minimum absolute atomic E-state index is 0.122. The zero-order chi connectivity index (χ0) is 19.9. The molecule has 1 fully saturated rings. The first-order valence-electron chi connectivity index (χ1n) is 10.0. The van der Waals surface area contributed by atoms with Crippen LogP contribution in [0.2, 0.25) is 0 Å². The summed E-state index contributed by atoms with van der Waals surface area (Å²) in [6.45, 7) is 3.76. The second-order valence-electron chi connectivity index (χ2n) is 7.48. The van der Waals surface area contributed by atoms with Crippen LogP contribution in [0, 0.1) is 5.92 Å². The van der Waals surface area contributed by atoms with E-state index in [1.54, 1.807) is 24.8 Å². The van der Waals surface area contributed by atoms with Crippen molar-refractivity contribution in [2.45, 2.75) is 19.4 Å². The van der Waals surface area contributed by atoms with E-state index >= 15 is 0 Å². The van der Waals surface area contributed by atoms with Crippen LogP contribution in [0.4, 0.5) is 0 Å². The Balaban J connectivity index is 1.29. The molecule has 1 amide bonds. The number of amides is 1. The Bertz CT molecular complexity index is 915. The van der Waals surface area contributed by atoms with Gasteiger partial charge >= 0.3 is 0 Å². The third kappa shape index (κ3) is 5.23. The van der Waals surface area contributed by atoms with Gasteiger partial charge in [-0.15, -0.1) is 0 Å². The molecule has 148 valence electrons. The number of piperidine rings is 1. The second kappa shape index (κ2) is 9.39. The first kappa shape index (κ1) is 19.2. The van der Waals surface area contributed by atoms with E-state index in [0.29, 0.717) is 23.9 Å². The van der Waals surface area contributed by atoms with Crippen molar-refractivity contribution < 1.29 is 4.79 Å². The molecule has 0 unspecified atom stereocenters.